The van der Waals surface area contributed by atoms with Gasteiger partial charge in [-0.05, 0) is 73.2 Å². The van der Waals surface area contributed by atoms with Crippen molar-refractivity contribution in [2.45, 2.75) is 216 Å². The molecular formula is C56H78Co2O19Si. The summed E-state index contributed by atoms with van der Waals surface area (Å²) in [7, 11) is -2.49. The summed E-state index contributed by atoms with van der Waals surface area (Å²) in [6.45, 7) is 56.7. The van der Waals surface area contributed by atoms with Gasteiger partial charge in [-0.3, -0.25) is 0 Å². The van der Waals surface area contributed by atoms with Crippen molar-refractivity contribution in [3.63, 3.8) is 0 Å². The first kappa shape index (κ1) is 79.6. The maximum Gasteiger partial charge on any atom is 0 e. The van der Waals surface area contributed by atoms with Gasteiger partial charge in [0.2, 0.25) is 8.32 Å². The van der Waals surface area contributed by atoms with Crippen LogP contribution in [0.15, 0.2) is 42.5 Å². The standard InChI is InChI=1S/C50H78O13Si.6CO.2Co/c1-28(2)64(29(3)4,30(5)6)62-45-33(9)43-40(59-44-32(8)34(10)50(61-46(44)45)26-37(52)27-57-50)25-38(53)39(58-43)23-31(7)19-20-36(51)24-41(54)49(13)42(60-48(11,12)63-49)21-22-56-47(55)35-17-15-14-16-18-35;6*1-2;;/h14-18,28-30,32-34,36-46,51-54H,7,21-27H2,1-6,8-13H3;;;;;;;;/t32-,33+,34-,36?,37-,38+,39-,40-,41+,42+,43+,44+,45-,46+,49+,50+;;;;;;;;/m0......../s1. The molecule has 1 unspecified atom stereocenters. The minimum absolute atomic E-state index is 0. The van der Waals surface area contributed by atoms with Crippen molar-refractivity contribution in [3.8, 4) is 0 Å². The molecule has 78 heavy (non-hydrogen) atoms. The molecule has 0 saturated carbocycles. The van der Waals surface area contributed by atoms with E-state index < -0.39 is 92.5 Å². The molecule has 4 radical (unpaired) electrons. The van der Waals surface area contributed by atoms with E-state index in [1.807, 2.05) is 6.07 Å². The van der Waals surface area contributed by atoms with Crippen LogP contribution in [-0.4, -0.2) is 132 Å². The molecule has 0 aliphatic carbocycles. The first-order valence-electron chi connectivity index (χ1n) is 25.0. The van der Waals surface area contributed by atoms with Gasteiger partial charge in [-0.15, -0.1) is 0 Å². The molecule has 5 saturated heterocycles. The number of carbonyl (C=O) groups excluding carboxylic acids is 1. The zero-order valence-electron chi connectivity index (χ0n) is 46.4. The molecule has 0 bridgehead atoms. The van der Waals surface area contributed by atoms with Gasteiger partial charge in [-0.1, -0.05) is 87.1 Å². The van der Waals surface area contributed by atoms with Crippen LogP contribution >= 0.6 is 0 Å². The number of allylic oxidation sites excluding steroid dienone is 1. The van der Waals surface area contributed by atoms with Gasteiger partial charge in [0.25, 0.3) is 0 Å². The van der Waals surface area contributed by atoms with Gasteiger partial charge >= 0.3 is 73.8 Å². The summed E-state index contributed by atoms with van der Waals surface area (Å²) in [6.07, 6.45) is -0.543. The molecule has 5 aliphatic heterocycles. The minimum Gasteiger partial charge on any atom is 0 e. The van der Waals surface area contributed by atoms with Crippen LogP contribution in [0.25, 0.3) is 0 Å². The Morgan fingerprint density at radius 1 is 0.808 bits per heavy atom. The maximum absolute atomic E-state index is 12.5. The van der Waals surface area contributed by atoms with Crippen molar-refractivity contribution >= 4 is 14.3 Å². The van der Waals surface area contributed by atoms with E-state index in [0.29, 0.717) is 40.6 Å². The Labute approximate surface area is 483 Å². The third-order valence-electron chi connectivity index (χ3n) is 15.2. The Balaban J connectivity index is -0.00000376. The summed E-state index contributed by atoms with van der Waals surface area (Å²) < 4.78 is 97.9. The maximum atomic E-state index is 12.5. The predicted octanol–water partition coefficient (Wildman–Crippen LogP) is 6.77. The second-order valence-electron chi connectivity index (χ2n) is 21.0. The number of rotatable bonds is 16. The Morgan fingerprint density at radius 2 is 1.35 bits per heavy atom. The van der Waals surface area contributed by atoms with E-state index >= 15 is 0 Å². The molecule has 438 valence electrons. The second-order valence-corrected chi connectivity index (χ2v) is 26.4. The minimum atomic E-state index is -2.49. The summed E-state index contributed by atoms with van der Waals surface area (Å²) in [5.41, 5.74) is 0.592. The van der Waals surface area contributed by atoms with Crippen LogP contribution < -0.4 is 0 Å². The van der Waals surface area contributed by atoms with E-state index in [1.165, 1.54) is 0 Å². The monoisotopic (exact) mass is 1200 g/mol. The third kappa shape index (κ3) is 19.5. The van der Waals surface area contributed by atoms with Gasteiger partial charge < -0.3 is 58.0 Å². The molecule has 4 N–H and O–H groups in total. The van der Waals surface area contributed by atoms with Gasteiger partial charge in [-0.25, -0.2) is 4.79 Å². The molecule has 5 aliphatic rings. The number of aliphatic hydroxyl groups is 4. The smallest absolute Gasteiger partial charge is 0 e. The van der Waals surface area contributed by atoms with Gasteiger partial charge in [-0.2, -0.15) is 0 Å². The molecule has 0 aromatic heterocycles. The number of benzene rings is 1. The number of hydrogen-bond donors (Lipinski definition) is 4. The molecule has 5 heterocycles. The molecule has 1 aromatic carbocycles. The number of hydrogen-bond acceptors (Lipinski definition) is 13. The quantitative estimate of drug-likeness (QED) is 0.0438. The van der Waals surface area contributed by atoms with E-state index in [2.05, 4.69) is 121 Å². The fourth-order valence-corrected chi connectivity index (χ4v) is 17.4. The van der Waals surface area contributed by atoms with Gasteiger partial charge in [0.1, 0.15) is 11.7 Å². The Kier molecular flexibility index (Phi) is 38.3. The molecule has 16 atom stereocenters. The SMILES string of the molecule is C=C([C]=[C]C(O)C[C@@H](O)[C@@]1(C)OC(C)(C)O[C@@H]1CCOC(=O)c1ccccc1)C[C@@H]1O[C@@H]2[C@@H](C)[C@H](O[Si](C(C)C)(C(C)C)C(C)C)[C@@H]3O[C@]4(C[C@H](O)CO4)[C@@H](C)[C@H](C)[C@H]3O[C@H]2C[C@H]1O.[C-]#[O+].[C-]#[O+].[C-]#[O+].[C-]#[O+].[C-]#[O+].[C-]#[O+].[Co].[Co]. The second kappa shape index (κ2) is 37.5. The van der Waals surface area contributed by atoms with E-state index in [0.717, 1.165) is 0 Å². The van der Waals surface area contributed by atoms with Crippen LogP contribution in [-0.2, 0) is 99.1 Å². The fourth-order valence-electron chi connectivity index (χ4n) is 11.7. The van der Waals surface area contributed by atoms with E-state index in [4.69, 9.17) is 65.5 Å². The number of esters is 1. The van der Waals surface area contributed by atoms with Crippen molar-refractivity contribution in [2.24, 2.45) is 17.8 Å². The molecule has 0 amide bonds. The largest absolute Gasteiger partial charge is 0 e. The van der Waals surface area contributed by atoms with Crippen molar-refractivity contribution in [1.29, 1.82) is 0 Å². The Morgan fingerprint density at radius 3 is 1.85 bits per heavy atom. The molecule has 1 spiro atoms. The summed E-state index contributed by atoms with van der Waals surface area (Å²) in [5.74, 6) is -2.75. The molecule has 22 heteroatoms. The first-order valence-corrected chi connectivity index (χ1v) is 27.1. The van der Waals surface area contributed by atoms with Crippen LogP contribution in [0.1, 0.15) is 126 Å². The predicted molar refractivity (Wildman–Crippen MR) is 266 cm³/mol. The van der Waals surface area contributed by atoms with Crippen LogP contribution in [0.2, 0.25) is 16.6 Å². The molecular weight excluding hydrogens is 1120 g/mol. The summed E-state index contributed by atoms with van der Waals surface area (Å²) in [5, 5.41) is 44.9. The van der Waals surface area contributed by atoms with Gasteiger partial charge in [0.15, 0.2) is 11.6 Å². The average Bonchev–Trinajstić information content (AvgIpc) is 3.88. The van der Waals surface area contributed by atoms with Crippen molar-refractivity contribution in [1.82, 2.24) is 0 Å². The summed E-state index contributed by atoms with van der Waals surface area (Å²) in [4.78, 5) is 12.5. The Bertz CT molecular complexity index is 1990. The van der Waals surface area contributed by atoms with Crippen LogP contribution in [0.3, 0.4) is 0 Å². The Hall–Kier alpha value is -2.60. The summed E-state index contributed by atoms with van der Waals surface area (Å²) >= 11 is 0. The van der Waals surface area contributed by atoms with Crippen molar-refractivity contribution < 1.29 is 124 Å². The van der Waals surface area contributed by atoms with E-state index in [-0.39, 0.29) is 89.9 Å². The van der Waals surface area contributed by atoms with Crippen LogP contribution in [0.4, 0.5) is 0 Å². The number of aliphatic hydroxyl groups excluding tert-OH is 4. The topological polar surface area (TPSA) is 291 Å². The molecule has 1 aromatic rings. The van der Waals surface area contributed by atoms with Gasteiger partial charge in [0, 0.05) is 77.5 Å². The van der Waals surface area contributed by atoms with E-state index in [9.17, 15) is 25.2 Å². The number of carbonyl (C=O) groups is 1. The zero-order chi connectivity index (χ0) is 59.1. The van der Waals surface area contributed by atoms with Crippen molar-refractivity contribution in [3.05, 3.63) is 100 Å². The fraction of sp³-hybridized carbons (Fsp3) is 0.696. The van der Waals surface area contributed by atoms with Crippen LogP contribution in [0, 0.1) is 69.8 Å². The summed E-state index contributed by atoms with van der Waals surface area (Å²) in [6, 6.07) is 8.70. The van der Waals surface area contributed by atoms with Crippen molar-refractivity contribution in [2.75, 3.05) is 13.2 Å². The number of ether oxygens (including phenoxy) is 7. The average molecular weight is 1200 g/mol. The van der Waals surface area contributed by atoms with Gasteiger partial charge in [0.05, 0.1) is 79.8 Å². The third-order valence-corrected chi connectivity index (χ3v) is 21.3. The number of fused-ring (bicyclic) bond motifs is 2. The van der Waals surface area contributed by atoms with Crippen LogP contribution in [0.5, 0.6) is 0 Å². The molecule has 6 rings (SSSR count). The molecule has 19 nitrogen and oxygen atoms in total. The normalized spacial score (nSPS) is 31.9. The molecule has 5 fully saturated rings. The van der Waals surface area contributed by atoms with E-state index in [1.54, 1.807) is 45.0 Å². The first-order chi connectivity index (χ1) is 35.9. The zero-order valence-corrected chi connectivity index (χ0v) is 49.5.